The van der Waals surface area contributed by atoms with Gasteiger partial charge in [0.1, 0.15) is 0 Å². The number of aliphatic carboxylic acids is 1. The van der Waals surface area contributed by atoms with Crippen molar-refractivity contribution >= 4 is 23.3 Å². The molecule has 1 heterocycles. The van der Waals surface area contributed by atoms with Crippen molar-refractivity contribution in [3.8, 4) is 0 Å². The van der Waals surface area contributed by atoms with Crippen molar-refractivity contribution in [2.24, 2.45) is 0 Å². The van der Waals surface area contributed by atoms with E-state index in [1.165, 1.54) is 0 Å². The number of rotatable bonds is 7. The molecule has 2 N–H and O–H groups in total. The molecule has 0 saturated heterocycles. The van der Waals surface area contributed by atoms with Crippen molar-refractivity contribution in [3.05, 3.63) is 6.39 Å². The Hall–Kier alpha value is -1.52. The second-order valence-corrected chi connectivity index (χ2v) is 3.49. The highest BCUT2D eigenvalue weighted by atomic mass is 32.2. The van der Waals surface area contributed by atoms with Crippen LogP contribution in [0.4, 0.5) is 6.01 Å². The maximum atomic E-state index is 10.8. The predicted octanol–water partition coefficient (Wildman–Crippen LogP) is -1.66. The quantitative estimate of drug-likeness (QED) is 0.433. The van der Waals surface area contributed by atoms with Crippen LogP contribution in [0.1, 0.15) is 0 Å². The summed E-state index contributed by atoms with van der Waals surface area (Å²) in [4.78, 5) is 10.2. The van der Waals surface area contributed by atoms with Crippen LogP contribution in [0.5, 0.6) is 0 Å². The van der Waals surface area contributed by atoms with E-state index in [0.717, 1.165) is 10.7 Å². The van der Waals surface area contributed by atoms with Crippen molar-refractivity contribution in [2.75, 3.05) is 23.9 Å². The van der Waals surface area contributed by atoms with Gasteiger partial charge in [-0.25, -0.2) is 0 Å². The van der Waals surface area contributed by atoms with Crippen molar-refractivity contribution in [2.45, 2.75) is 0 Å². The molecule has 0 aliphatic heterocycles. The number of carboxylic acid groups (broad SMARTS) is 1. The summed E-state index contributed by atoms with van der Waals surface area (Å²) >= 11 is -2.55. The third-order valence-electron chi connectivity index (χ3n) is 1.51. The maximum Gasteiger partial charge on any atom is 0.329 e. The summed E-state index contributed by atoms with van der Waals surface area (Å²) in [6, 6.07) is -0.162. The highest BCUT2D eigenvalue weighted by Crippen LogP contribution is 2.08. The molecule has 0 amide bonds. The monoisotopic (exact) mass is 249 g/mol. The number of hydrogen-bond acceptors (Lipinski definition) is 7. The molecule has 0 aromatic carbocycles. The number of anilines is 1. The third-order valence-corrected chi connectivity index (χ3v) is 2.21. The number of carbonyl (C=O) groups is 1. The van der Waals surface area contributed by atoms with Crippen molar-refractivity contribution in [3.63, 3.8) is 0 Å². The fraction of sp³-hybridized carbons (Fsp3) is 0.500. The predicted molar refractivity (Wildman–Crippen MR) is 51.1 cm³/mol. The van der Waals surface area contributed by atoms with Gasteiger partial charge in [-0.05, 0) is 0 Å². The minimum atomic E-state index is -2.55. The van der Waals surface area contributed by atoms with E-state index in [-0.39, 0.29) is 25.6 Å². The molecule has 9 nitrogen and oxygen atoms in total. The van der Waals surface area contributed by atoms with Crippen molar-refractivity contribution < 1.29 is 23.1 Å². The van der Waals surface area contributed by atoms with E-state index in [0.29, 0.717) is 0 Å². The van der Waals surface area contributed by atoms with Gasteiger partial charge in [0.2, 0.25) is 6.39 Å². The number of carboxylic acids is 1. The summed E-state index contributed by atoms with van der Waals surface area (Å²) in [6.45, 7) is -0.0859. The van der Waals surface area contributed by atoms with Crippen LogP contribution in [0, 0.1) is 0 Å². The highest BCUT2D eigenvalue weighted by molar-refractivity contribution is 7.80. The molecule has 90 valence electrons. The van der Waals surface area contributed by atoms with Gasteiger partial charge in [-0.3, -0.25) is 13.3 Å². The third kappa shape index (κ3) is 3.92. The molecule has 0 radical (unpaired) electrons. The largest absolute Gasteiger partial charge is 0.755 e. The Morgan fingerprint density at radius 1 is 1.75 bits per heavy atom. The van der Waals surface area contributed by atoms with Gasteiger partial charge < -0.3 is 19.4 Å². The first-order valence-corrected chi connectivity index (χ1v) is 5.20. The zero-order chi connectivity index (χ0) is 12.0. The van der Waals surface area contributed by atoms with E-state index in [2.05, 4.69) is 15.5 Å². The lowest BCUT2D eigenvalue weighted by atomic mass is 10.5. The average molecular weight is 249 g/mol. The van der Waals surface area contributed by atoms with Gasteiger partial charge in [-0.2, -0.15) is 0 Å². The SMILES string of the molecule is O=C(O)CNCCN(c1nnco1)S(=O)[O-]. The van der Waals surface area contributed by atoms with Crippen molar-refractivity contribution in [1.82, 2.24) is 15.5 Å². The Labute approximate surface area is 92.9 Å². The molecule has 1 aromatic heterocycles. The molecule has 0 aliphatic rings. The summed E-state index contributed by atoms with van der Waals surface area (Å²) in [5.41, 5.74) is 0. The molecule has 0 aliphatic carbocycles. The average Bonchev–Trinajstić information content (AvgIpc) is 2.69. The first kappa shape index (κ1) is 12.5. The number of nitrogens with zero attached hydrogens (tertiary/aromatic N) is 3. The standard InChI is InChI=1S/C6H10N4O5S/c11-5(12)3-7-1-2-10(16(13)14)6-9-8-4-15-6/h4,7H,1-3H2,(H,11,12)(H,13,14)/p-1. The number of aromatic nitrogens is 2. The molecule has 0 fully saturated rings. The Morgan fingerprint density at radius 2 is 2.50 bits per heavy atom. The van der Waals surface area contributed by atoms with E-state index >= 15 is 0 Å². The van der Waals surface area contributed by atoms with Gasteiger partial charge in [0.05, 0.1) is 17.8 Å². The molecule has 1 atom stereocenters. The zero-order valence-electron chi connectivity index (χ0n) is 8.03. The van der Waals surface area contributed by atoms with Gasteiger partial charge in [0, 0.05) is 13.1 Å². The lowest BCUT2D eigenvalue weighted by Crippen LogP contribution is -2.35. The van der Waals surface area contributed by atoms with E-state index in [1.54, 1.807) is 0 Å². The maximum absolute atomic E-state index is 10.8. The topological polar surface area (TPSA) is 132 Å². The molecule has 1 unspecified atom stereocenters. The van der Waals surface area contributed by atoms with Gasteiger partial charge in [0.25, 0.3) is 0 Å². The molecule has 0 spiro atoms. The summed E-state index contributed by atoms with van der Waals surface area (Å²) in [7, 11) is 0. The van der Waals surface area contributed by atoms with Crippen LogP contribution >= 0.6 is 0 Å². The molecular weight excluding hydrogens is 240 g/mol. The second kappa shape index (κ2) is 6.15. The molecular formula is C6H9N4O5S-. The lowest BCUT2D eigenvalue weighted by Gasteiger charge is -2.21. The fourth-order valence-corrected chi connectivity index (χ4v) is 1.33. The van der Waals surface area contributed by atoms with Crippen LogP contribution in [-0.4, -0.2) is 49.7 Å². The van der Waals surface area contributed by atoms with E-state index in [9.17, 15) is 13.6 Å². The number of hydrogen-bond donors (Lipinski definition) is 2. The van der Waals surface area contributed by atoms with Crippen LogP contribution in [0.25, 0.3) is 0 Å². The molecule has 1 rings (SSSR count). The fourth-order valence-electron chi connectivity index (χ4n) is 0.886. The van der Waals surface area contributed by atoms with Crippen LogP contribution in [0.2, 0.25) is 0 Å². The molecule has 0 saturated carbocycles. The normalized spacial score (nSPS) is 12.3. The molecule has 10 heteroatoms. The van der Waals surface area contributed by atoms with Crippen LogP contribution in [-0.2, 0) is 16.1 Å². The first-order chi connectivity index (χ1) is 7.61. The lowest BCUT2D eigenvalue weighted by molar-refractivity contribution is -0.135. The van der Waals surface area contributed by atoms with Gasteiger partial charge in [-0.15, -0.1) is 5.10 Å². The highest BCUT2D eigenvalue weighted by Gasteiger charge is 2.11. The molecule has 0 bridgehead atoms. The minimum absolute atomic E-state index is 0.00554. The van der Waals surface area contributed by atoms with Crippen molar-refractivity contribution in [1.29, 1.82) is 0 Å². The van der Waals surface area contributed by atoms with E-state index in [4.69, 9.17) is 9.52 Å². The van der Waals surface area contributed by atoms with E-state index < -0.39 is 17.2 Å². The Morgan fingerprint density at radius 3 is 3.00 bits per heavy atom. The van der Waals surface area contributed by atoms with E-state index in [1.807, 2.05) is 0 Å². The second-order valence-electron chi connectivity index (χ2n) is 2.61. The van der Waals surface area contributed by atoms with Gasteiger partial charge >= 0.3 is 12.0 Å². The Balaban J connectivity index is 2.41. The van der Waals surface area contributed by atoms with Gasteiger partial charge in [0.15, 0.2) is 0 Å². The van der Waals surface area contributed by atoms with Crippen LogP contribution in [0.15, 0.2) is 10.8 Å². The van der Waals surface area contributed by atoms with Gasteiger partial charge in [-0.1, -0.05) is 5.10 Å². The van der Waals surface area contributed by atoms with Crippen LogP contribution < -0.4 is 9.62 Å². The number of nitrogens with one attached hydrogen (secondary N) is 1. The summed E-state index contributed by atoms with van der Waals surface area (Å²) in [6.07, 6.45) is 1.000. The Bertz CT molecular complexity index is 356. The zero-order valence-corrected chi connectivity index (χ0v) is 8.85. The smallest absolute Gasteiger partial charge is 0.329 e. The molecule has 16 heavy (non-hydrogen) atoms. The summed E-state index contributed by atoms with van der Waals surface area (Å²) in [5, 5.41) is 17.6. The Kier molecular flexibility index (Phi) is 4.82. The van der Waals surface area contributed by atoms with Crippen LogP contribution in [0.3, 0.4) is 0 Å². The molecule has 1 aromatic rings. The summed E-state index contributed by atoms with van der Waals surface area (Å²) < 4.78 is 27.1. The summed E-state index contributed by atoms with van der Waals surface area (Å²) in [5.74, 6) is -1.02. The minimum Gasteiger partial charge on any atom is -0.755 e. The first-order valence-electron chi connectivity index (χ1n) is 4.17.